The Bertz CT molecular complexity index is 1490. The largest absolute Gasteiger partial charge is 0.573 e. The summed E-state index contributed by atoms with van der Waals surface area (Å²) in [5.41, 5.74) is 4.70. The molecule has 1 atom stereocenters. The highest BCUT2D eigenvalue weighted by atomic mass is 19.4. The van der Waals surface area contributed by atoms with Gasteiger partial charge in [-0.15, -0.1) is 13.2 Å². The van der Waals surface area contributed by atoms with E-state index in [-0.39, 0.29) is 34.6 Å². The molecular weight excluding hydrogens is 545 g/mol. The van der Waals surface area contributed by atoms with E-state index in [0.29, 0.717) is 30.6 Å². The van der Waals surface area contributed by atoms with E-state index in [1.54, 1.807) is 6.92 Å². The van der Waals surface area contributed by atoms with Gasteiger partial charge in [0.2, 0.25) is 0 Å². The van der Waals surface area contributed by atoms with E-state index in [0.717, 1.165) is 56.0 Å². The van der Waals surface area contributed by atoms with Crippen LogP contribution in [0.25, 0.3) is 0 Å². The topological polar surface area (TPSA) is 74.8 Å². The number of hydrogen-bond donors (Lipinski definition) is 1. The van der Waals surface area contributed by atoms with Gasteiger partial charge in [-0.3, -0.25) is 14.6 Å². The maximum absolute atomic E-state index is 13.5. The van der Waals surface area contributed by atoms with Gasteiger partial charge in [0.05, 0.1) is 6.04 Å². The molecule has 3 aromatic rings. The van der Waals surface area contributed by atoms with Gasteiger partial charge in [-0.1, -0.05) is 6.07 Å². The summed E-state index contributed by atoms with van der Waals surface area (Å²) in [6.45, 7) is 5.02. The Kier molecular flexibility index (Phi) is 7.32. The third-order valence-electron chi connectivity index (χ3n) is 9.03. The van der Waals surface area contributed by atoms with Crippen molar-refractivity contribution in [3.8, 4) is 5.75 Å². The van der Waals surface area contributed by atoms with Crippen LogP contribution in [0.4, 0.5) is 18.9 Å². The first kappa shape index (κ1) is 28.1. The van der Waals surface area contributed by atoms with E-state index < -0.39 is 6.36 Å². The number of carbonyl (C=O) groups excluding carboxylic acids is 2. The highest BCUT2D eigenvalue weighted by Crippen LogP contribution is 2.42. The minimum Gasteiger partial charge on any atom is -0.406 e. The van der Waals surface area contributed by atoms with Crippen LogP contribution in [0.5, 0.6) is 5.75 Å². The lowest BCUT2D eigenvalue weighted by Crippen LogP contribution is -2.44. The van der Waals surface area contributed by atoms with Crippen LogP contribution in [-0.4, -0.2) is 54.2 Å². The number of fused-ring (bicyclic) bond motifs is 1. The number of anilines is 1. The zero-order valence-corrected chi connectivity index (χ0v) is 23.4. The second-order valence-electron chi connectivity index (χ2n) is 11.7. The molecule has 0 bridgehead atoms. The molecular formula is C32H33F3N4O3. The molecule has 10 heteroatoms. The van der Waals surface area contributed by atoms with Crippen molar-refractivity contribution < 1.29 is 27.5 Å². The summed E-state index contributed by atoms with van der Waals surface area (Å²) < 4.78 is 41.6. The number of hydrogen-bond acceptors (Lipinski definition) is 5. The van der Waals surface area contributed by atoms with Gasteiger partial charge in [-0.25, -0.2) is 0 Å². The number of aromatic nitrogens is 1. The van der Waals surface area contributed by atoms with Crippen LogP contribution in [0.15, 0.2) is 60.9 Å². The van der Waals surface area contributed by atoms with Crippen molar-refractivity contribution in [2.75, 3.05) is 31.1 Å². The predicted molar refractivity (Wildman–Crippen MR) is 151 cm³/mol. The fourth-order valence-electron chi connectivity index (χ4n) is 6.69. The Labute approximate surface area is 242 Å². The van der Waals surface area contributed by atoms with Crippen LogP contribution in [0.1, 0.15) is 69.1 Å². The molecule has 3 heterocycles. The number of halogens is 3. The number of likely N-dealkylation sites (tertiary alicyclic amines) is 1. The van der Waals surface area contributed by atoms with Gasteiger partial charge in [0.1, 0.15) is 5.75 Å². The number of piperidine rings is 1. The first-order valence-corrected chi connectivity index (χ1v) is 14.3. The third-order valence-corrected chi connectivity index (χ3v) is 9.03. The fraction of sp³-hybridized carbons (Fsp3) is 0.406. The summed E-state index contributed by atoms with van der Waals surface area (Å²) in [5, 5.41) is 3.02. The minimum atomic E-state index is -4.80. The van der Waals surface area contributed by atoms with Crippen molar-refractivity contribution in [2.45, 2.75) is 51.4 Å². The third kappa shape index (κ3) is 5.80. The molecule has 7 nitrogen and oxygen atoms in total. The summed E-state index contributed by atoms with van der Waals surface area (Å²) in [7, 11) is 0. The number of benzene rings is 2. The molecule has 0 radical (unpaired) electrons. The number of amides is 2. The summed E-state index contributed by atoms with van der Waals surface area (Å²) in [6.07, 6.45) is 3.36. The van der Waals surface area contributed by atoms with E-state index in [9.17, 15) is 22.8 Å². The van der Waals surface area contributed by atoms with Gasteiger partial charge in [0.15, 0.2) is 0 Å². The molecule has 0 unspecified atom stereocenters. The molecule has 2 amide bonds. The predicted octanol–water partition coefficient (Wildman–Crippen LogP) is 5.84. The molecule has 3 aliphatic rings. The number of carbonyl (C=O) groups is 2. The molecule has 1 spiro atoms. The van der Waals surface area contributed by atoms with Crippen LogP contribution >= 0.6 is 0 Å². The Morgan fingerprint density at radius 3 is 2.45 bits per heavy atom. The van der Waals surface area contributed by atoms with Gasteiger partial charge >= 0.3 is 6.36 Å². The molecule has 2 fully saturated rings. The monoisotopic (exact) mass is 578 g/mol. The van der Waals surface area contributed by atoms with Crippen molar-refractivity contribution in [1.82, 2.24) is 15.2 Å². The quantitative estimate of drug-likeness (QED) is 0.412. The van der Waals surface area contributed by atoms with Crippen LogP contribution < -0.4 is 15.0 Å². The Hall–Kier alpha value is -4.08. The molecule has 42 heavy (non-hydrogen) atoms. The van der Waals surface area contributed by atoms with E-state index >= 15 is 0 Å². The molecule has 220 valence electrons. The summed E-state index contributed by atoms with van der Waals surface area (Å²) >= 11 is 0. The standard InChI is InChI=1S/C32H33F3N4O3/c1-21-18-25(42-32(33,34)35)5-6-26(21)29(40)37-28-7-4-22-2-3-23(19-27(22)28)30(41)38-15-10-31(11-16-38)12-17-39(20-31)24-8-13-36-14-9-24/h2-3,5-6,8-9,13-14,18-19,28H,4,7,10-12,15-17,20H2,1H3,(H,37,40)/t28-/m1/s1. The van der Waals surface area contributed by atoms with Crippen molar-refractivity contribution >= 4 is 17.5 Å². The normalized spacial score (nSPS) is 19.6. The van der Waals surface area contributed by atoms with Crippen molar-refractivity contribution in [3.05, 3.63) is 88.7 Å². The zero-order chi connectivity index (χ0) is 29.5. The number of aryl methyl sites for hydroxylation is 2. The maximum Gasteiger partial charge on any atom is 0.573 e. The smallest absolute Gasteiger partial charge is 0.406 e. The minimum absolute atomic E-state index is 0.00436. The van der Waals surface area contributed by atoms with Crippen LogP contribution in [0.3, 0.4) is 0 Å². The Morgan fingerprint density at radius 1 is 1.00 bits per heavy atom. The molecule has 2 aliphatic heterocycles. The SMILES string of the molecule is Cc1cc(OC(F)(F)F)ccc1C(=O)N[C@@H]1CCc2ccc(C(=O)N3CCC4(CC3)CCN(c3ccncc3)C4)cc21. The zero-order valence-electron chi connectivity index (χ0n) is 23.4. The number of pyridine rings is 1. The van der Waals surface area contributed by atoms with E-state index in [2.05, 4.69) is 19.9 Å². The molecule has 1 aromatic heterocycles. The lowest BCUT2D eigenvalue weighted by Gasteiger charge is -2.39. The first-order valence-electron chi connectivity index (χ1n) is 14.3. The summed E-state index contributed by atoms with van der Waals surface area (Å²) in [6, 6.07) is 13.2. The molecule has 1 N–H and O–H groups in total. The van der Waals surface area contributed by atoms with Gasteiger partial charge in [-0.2, -0.15) is 0 Å². The number of rotatable bonds is 5. The second-order valence-corrected chi connectivity index (χ2v) is 11.7. The highest BCUT2D eigenvalue weighted by molar-refractivity contribution is 5.97. The number of nitrogens with one attached hydrogen (secondary N) is 1. The second kappa shape index (κ2) is 11.0. The van der Waals surface area contributed by atoms with Crippen molar-refractivity contribution in [2.24, 2.45) is 5.41 Å². The molecule has 1 aliphatic carbocycles. The van der Waals surface area contributed by atoms with Crippen LogP contribution in [0, 0.1) is 12.3 Å². The lowest BCUT2D eigenvalue weighted by molar-refractivity contribution is -0.274. The van der Waals surface area contributed by atoms with Crippen LogP contribution in [-0.2, 0) is 6.42 Å². The maximum atomic E-state index is 13.5. The van der Waals surface area contributed by atoms with Gasteiger partial charge in [0.25, 0.3) is 11.8 Å². The van der Waals surface area contributed by atoms with Gasteiger partial charge in [0, 0.05) is 55.4 Å². The van der Waals surface area contributed by atoms with Crippen LogP contribution in [0.2, 0.25) is 0 Å². The van der Waals surface area contributed by atoms with Crippen molar-refractivity contribution in [3.63, 3.8) is 0 Å². The average molecular weight is 579 g/mol. The van der Waals surface area contributed by atoms with Gasteiger partial charge in [-0.05, 0) is 104 Å². The van der Waals surface area contributed by atoms with Gasteiger partial charge < -0.3 is 19.9 Å². The molecule has 2 aromatic carbocycles. The highest BCUT2D eigenvalue weighted by Gasteiger charge is 2.41. The van der Waals surface area contributed by atoms with E-state index in [1.807, 2.05) is 47.6 Å². The summed E-state index contributed by atoms with van der Waals surface area (Å²) in [4.78, 5) is 35.1. The average Bonchev–Trinajstić information content (AvgIpc) is 3.56. The van der Waals surface area contributed by atoms with Crippen molar-refractivity contribution in [1.29, 1.82) is 0 Å². The number of ether oxygens (including phenoxy) is 1. The molecule has 0 saturated carbocycles. The molecule has 6 rings (SSSR count). The van der Waals surface area contributed by atoms with E-state index in [1.165, 1.54) is 17.8 Å². The fourth-order valence-corrected chi connectivity index (χ4v) is 6.69. The Morgan fingerprint density at radius 2 is 1.74 bits per heavy atom. The lowest BCUT2D eigenvalue weighted by atomic mass is 9.77. The first-order chi connectivity index (χ1) is 20.1. The van der Waals surface area contributed by atoms with E-state index in [4.69, 9.17) is 0 Å². The molecule has 2 saturated heterocycles. The number of nitrogens with zero attached hydrogens (tertiary/aromatic N) is 3. The summed E-state index contributed by atoms with van der Waals surface area (Å²) in [5.74, 6) is -0.738. The number of alkyl halides is 3. The Balaban J connectivity index is 1.09.